The molecule has 0 aromatic carbocycles. The van der Waals surface area contributed by atoms with Gasteiger partial charge in [-0.3, -0.25) is 0 Å². The third kappa shape index (κ3) is 22.1. The van der Waals surface area contributed by atoms with Gasteiger partial charge in [0.2, 0.25) is 0 Å². The van der Waals surface area contributed by atoms with E-state index in [0.29, 0.717) is 13.1 Å². The van der Waals surface area contributed by atoms with Crippen LogP contribution >= 0.6 is 0 Å². The van der Waals surface area contributed by atoms with E-state index in [1.165, 1.54) is 0 Å². The second kappa shape index (κ2) is 17.2. The van der Waals surface area contributed by atoms with Crippen molar-refractivity contribution >= 4 is 0 Å². The van der Waals surface area contributed by atoms with Crippen molar-refractivity contribution in [3.05, 3.63) is 0 Å². The smallest absolute Gasteiger partial charge is 1.00 e. The molecule has 0 aliphatic heterocycles. The van der Waals surface area contributed by atoms with Gasteiger partial charge < -0.3 is 23.9 Å². The van der Waals surface area contributed by atoms with Crippen LogP contribution in [0.15, 0.2) is 0 Å². The molecule has 0 fully saturated rings. The molecule has 0 atom stereocenters. The first kappa shape index (κ1) is 15.9. The Labute approximate surface area is 54.3 Å². The van der Waals surface area contributed by atoms with Crippen molar-refractivity contribution in [2.45, 2.75) is 0 Å². The Morgan fingerprint density at radius 2 is 1.17 bits per heavy atom. The molecule has 0 heterocycles. The van der Waals surface area contributed by atoms with E-state index in [1.54, 1.807) is 0 Å². The molecule has 0 aliphatic rings. The van der Waals surface area contributed by atoms with Crippen molar-refractivity contribution in [3.63, 3.8) is 0 Å². The number of halogens is 1. The summed E-state index contributed by atoms with van der Waals surface area (Å²) in [6, 6.07) is 0. The molecule has 0 aliphatic carbocycles. The molecule has 6 heavy (non-hydrogen) atoms. The van der Waals surface area contributed by atoms with E-state index < -0.39 is 0 Å². The number of nitrogens with two attached hydrogens (primary N) is 2. The Bertz CT molecular complexity index is 13.5. The minimum atomic E-state index is 0. The van der Waals surface area contributed by atoms with E-state index >= 15 is 0 Å². The molecule has 0 bridgehead atoms. The Morgan fingerprint density at radius 3 is 1.17 bits per heavy atom. The van der Waals surface area contributed by atoms with Crippen LogP contribution in [0.3, 0.4) is 0 Å². The van der Waals surface area contributed by atoms with E-state index in [1.807, 2.05) is 0 Å². The van der Waals surface area contributed by atoms with Crippen molar-refractivity contribution in [2.75, 3.05) is 13.1 Å². The van der Waals surface area contributed by atoms with Gasteiger partial charge in [0, 0.05) is 13.1 Å². The summed E-state index contributed by atoms with van der Waals surface area (Å²) in [5.74, 6) is 0. The zero-order chi connectivity index (χ0) is 3.41. The summed E-state index contributed by atoms with van der Waals surface area (Å²) in [7, 11) is 0. The fraction of sp³-hybridized carbons (Fsp3) is 1.00. The molecule has 2 nitrogen and oxygen atoms in total. The fourth-order valence-electron chi connectivity index (χ4n) is 0. The van der Waals surface area contributed by atoms with Gasteiger partial charge >= 0.3 is 16.8 Å². The van der Waals surface area contributed by atoms with Crippen molar-refractivity contribution < 1.29 is 29.2 Å². The van der Waals surface area contributed by atoms with Gasteiger partial charge in [-0.25, -0.2) is 0 Å². The average Bonchev–Trinajstić information content (AvgIpc) is 1.37. The topological polar surface area (TPSA) is 52.0 Å². The van der Waals surface area contributed by atoms with Crippen LogP contribution < -0.4 is 23.9 Å². The molecule has 41 valence electrons. The Balaban J connectivity index is -0.0000000450. The maximum absolute atomic E-state index is 4.90. The van der Waals surface area contributed by atoms with E-state index in [-0.39, 0.29) is 29.2 Å². The number of hydrogen-bond donors (Lipinski definition) is 2. The zero-order valence-corrected chi connectivity index (χ0v) is 5.08. The van der Waals surface area contributed by atoms with Gasteiger partial charge in [-0.05, 0) is 0 Å². The predicted molar refractivity (Wildman–Crippen MR) is 18.1 cm³/mol. The molecule has 4 heteroatoms. The monoisotopic (exact) mass is 154 g/mol. The molecular formula is C2H8ClCoN2+. The van der Waals surface area contributed by atoms with Crippen LogP contribution in [0, 0.1) is 0 Å². The van der Waals surface area contributed by atoms with E-state index in [9.17, 15) is 0 Å². The molecule has 0 unspecified atom stereocenters. The molecule has 1 radical (unpaired) electrons. The van der Waals surface area contributed by atoms with E-state index in [4.69, 9.17) is 11.5 Å². The van der Waals surface area contributed by atoms with E-state index in [0.717, 1.165) is 0 Å². The third-order valence-corrected chi connectivity index (χ3v) is 0.167. The first-order valence-electron chi connectivity index (χ1n) is 1.32. The van der Waals surface area contributed by atoms with Crippen LogP contribution in [-0.4, -0.2) is 13.1 Å². The molecule has 4 N–H and O–H groups in total. The predicted octanol–water partition coefficient (Wildman–Crippen LogP) is -4.09. The van der Waals surface area contributed by atoms with Gasteiger partial charge in [0.1, 0.15) is 0 Å². The largest absolute Gasteiger partial charge is 2.00 e. The van der Waals surface area contributed by atoms with Crippen LogP contribution in [0.25, 0.3) is 0 Å². The normalized spacial score (nSPS) is 5.00. The third-order valence-electron chi connectivity index (χ3n) is 0.167. The summed E-state index contributed by atoms with van der Waals surface area (Å²) >= 11 is 0. The minimum absolute atomic E-state index is 0. The summed E-state index contributed by atoms with van der Waals surface area (Å²) in [5, 5.41) is 0. The second-order valence-corrected chi connectivity index (χ2v) is 0.577. The standard InChI is InChI=1S/C2H8N2.ClH.Co/c3-1-2-4;;/h1-4H2;1H;/q;;+2/p-1. The molecule has 0 saturated carbocycles. The SMILES string of the molecule is NCCN.[Cl-].[Co+2]. The van der Waals surface area contributed by atoms with Gasteiger partial charge in [0.15, 0.2) is 0 Å². The maximum atomic E-state index is 4.90. The van der Waals surface area contributed by atoms with E-state index in [2.05, 4.69) is 0 Å². The van der Waals surface area contributed by atoms with Crippen LogP contribution in [0.5, 0.6) is 0 Å². The molecule has 0 aromatic heterocycles. The van der Waals surface area contributed by atoms with Crippen LogP contribution in [0.1, 0.15) is 0 Å². The zero-order valence-electron chi connectivity index (χ0n) is 3.28. The van der Waals surface area contributed by atoms with Crippen LogP contribution in [-0.2, 0) is 16.8 Å². The Morgan fingerprint density at radius 1 is 1.00 bits per heavy atom. The van der Waals surface area contributed by atoms with Crippen molar-refractivity contribution in [1.82, 2.24) is 0 Å². The Hall–Kier alpha value is 0.716. The summed E-state index contributed by atoms with van der Waals surface area (Å²) < 4.78 is 0. The van der Waals surface area contributed by atoms with Gasteiger partial charge in [0.05, 0.1) is 0 Å². The van der Waals surface area contributed by atoms with Crippen molar-refractivity contribution in [3.8, 4) is 0 Å². The van der Waals surface area contributed by atoms with Crippen LogP contribution in [0.4, 0.5) is 0 Å². The Kier molecular flexibility index (Phi) is 45.6. The van der Waals surface area contributed by atoms with Crippen molar-refractivity contribution in [1.29, 1.82) is 0 Å². The molecule has 0 amide bonds. The van der Waals surface area contributed by atoms with Gasteiger partial charge in [-0.2, -0.15) is 0 Å². The van der Waals surface area contributed by atoms with Crippen LogP contribution in [0.2, 0.25) is 0 Å². The molecule has 0 saturated heterocycles. The first-order valence-corrected chi connectivity index (χ1v) is 1.32. The number of rotatable bonds is 1. The molecule has 0 rings (SSSR count). The number of hydrogen-bond acceptors (Lipinski definition) is 2. The summed E-state index contributed by atoms with van der Waals surface area (Å²) in [4.78, 5) is 0. The van der Waals surface area contributed by atoms with Gasteiger partial charge in [-0.15, -0.1) is 0 Å². The molecule has 0 aromatic rings. The van der Waals surface area contributed by atoms with Gasteiger partial charge in [-0.1, -0.05) is 0 Å². The molecular weight excluding hydrogens is 146 g/mol. The van der Waals surface area contributed by atoms with Crippen molar-refractivity contribution in [2.24, 2.45) is 11.5 Å². The second-order valence-electron chi connectivity index (χ2n) is 0.577. The summed E-state index contributed by atoms with van der Waals surface area (Å²) in [6.07, 6.45) is 0. The first-order chi connectivity index (χ1) is 1.91. The summed E-state index contributed by atoms with van der Waals surface area (Å²) in [6.45, 7) is 1.19. The van der Waals surface area contributed by atoms with Gasteiger partial charge in [0.25, 0.3) is 0 Å². The average molecular weight is 154 g/mol. The quantitative estimate of drug-likeness (QED) is 0.404. The summed E-state index contributed by atoms with van der Waals surface area (Å²) in [5.41, 5.74) is 9.81. The fourth-order valence-corrected chi connectivity index (χ4v) is 0. The molecule has 0 spiro atoms. The maximum Gasteiger partial charge on any atom is 2.00 e. The minimum Gasteiger partial charge on any atom is -1.00 e.